The third-order valence-corrected chi connectivity index (χ3v) is 5.39. The molecule has 0 fully saturated rings. The summed E-state index contributed by atoms with van der Waals surface area (Å²) < 4.78 is 5.38. The fourth-order valence-electron chi connectivity index (χ4n) is 3.19. The summed E-state index contributed by atoms with van der Waals surface area (Å²) in [4.78, 5) is 39.0. The molecule has 0 atom stereocenters. The van der Waals surface area contributed by atoms with Gasteiger partial charge in [0, 0.05) is 17.3 Å². The second kappa shape index (κ2) is 7.82. The molecular formula is C22H14Cl2N2O4. The van der Waals surface area contributed by atoms with Crippen LogP contribution < -0.4 is 15.0 Å². The van der Waals surface area contributed by atoms with Crippen LogP contribution in [0.4, 0.5) is 11.4 Å². The Bertz CT molecular complexity index is 1170. The van der Waals surface area contributed by atoms with Crippen molar-refractivity contribution in [1.82, 2.24) is 0 Å². The molecular weight excluding hydrogens is 427 g/mol. The first-order chi connectivity index (χ1) is 14.4. The van der Waals surface area contributed by atoms with E-state index >= 15 is 0 Å². The summed E-state index contributed by atoms with van der Waals surface area (Å²) in [6, 6.07) is 15.8. The van der Waals surface area contributed by atoms with Crippen LogP contribution >= 0.6 is 23.2 Å². The summed E-state index contributed by atoms with van der Waals surface area (Å²) in [5.74, 6) is -0.997. The molecule has 0 aliphatic carbocycles. The monoisotopic (exact) mass is 440 g/mol. The predicted octanol–water partition coefficient (Wildman–Crippen LogP) is 5.05. The zero-order valence-corrected chi connectivity index (χ0v) is 17.1. The molecule has 0 unspecified atom stereocenters. The van der Waals surface area contributed by atoms with Gasteiger partial charge >= 0.3 is 0 Å². The number of carbonyl (C=O) groups excluding carboxylic acids is 3. The van der Waals surface area contributed by atoms with Gasteiger partial charge < -0.3 is 10.1 Å². The lowest BCUT2D eigenvalue weighted by molar-refractivity contribution is 0.0923. The molecule has 1 aliphatic rings. The van der Waals surface area contributed by atoms with E-state index in [1.807, 2.05) is 0 Å². The lowest BCUT2D eigenvalue weighted by atomic mass is 10.1. The van der Waals surface area contributed by atoms with Crippen molar-refractivity contribution in [1.29, 1.82) is 0 Å². The second-order valence-electron chi connectivity index (χ2n) is 6.46. The molecule has 0 saturated carbocycles. The first-order valence-electron chi connectivity index (χ1n) is 8.83. The summed E-state index contributed by atoms with van der Waals surface area (Å²) in [5, 5.41) is 3.34. The summed E-state index contributed by atoms with van der Waals surface area (Å²) >= 11 is 11.8. The Kier molecular flexibility index (Phi) is 5.20. The molecule has 8 heteroatoms. The normalized spacial score (nSPS) is 12.7. The Morgan fingerprint density at radius 2 is 1.57 bits per heavy atom. The van der Waals surface area contributed by atoms with Gasteiger partial charge in [-0.05, 0) is 42.5 Å². The molecule has 0 radical (unpaired) electrons. The molecule has 0 bridgehead atoms. The summed E-state index contributed by atoms with van der Waals surface area (Å²) in [6.07, 6.45) is 0. The van der Waals surface area contributed by atoms with Crippen molar-refractivity contribution in [2.45, 2.75) is 0 Å². The number of fused-ring (bicyclic) bond motifs is 1. The van der Waals surface area contributed by atoms with Gasteiger partial charge in [-0.2, -0.15) is 0 Å². The molecule has 6 nitrogen and oxygen atoms in total. The molecule has 1 N–H and O–H groups in total. The van der Waals surface area contributed by atoms with Crippen LogP contribution in [0.3, 0.4) is 0 Å². The van der Waals surface area contributed by atoms with E-state index in [-0.39, 0.29) is 16.5 Å². The third-order valence-electron chi connectivity index (χ3n) is 4.65. The van der Waals surface area contributed by atoms with Gasteiger partial charge in [-0.25, -0.2) is 4.90 Å². The first kappa shape index (κ1) is 19.9. The van der Waals surface area contributed by atoms with Gasteiger partial charge in [0.1, 0.15) is 5.75 Å². The molecule has 0 aromatic heterocycles. The van der Waals surface area contributed by atoms with E-state index in [0.717, 1.165) is 4.90 Å². The average Bonchev–Trinajstić information content (AvgIpc) is 3.00. The van der Waals surface area contributed by atoms with Crippen LogP contribution in [0.25, 0.3) is 0 Å². The van der Waals surface area contributed by atoms with Crippen LogP contribution in [0.5, 0.6) is 5.75 Å². The van der Waals surface area contributed by atoms with Crippen molar-refractivity contribution in [3.05, 3.63) is 87.4 Å². The molecule has 0 spiro atoms. The highest BCUT2D eigenvalue weighted by atomic mass is 35.5. The van der Waals surface area contributed by atoms with Crippen LogP contribution in [0.2, 0.25) is 10.0 Å². The zero-order chi connectivity index (χ0) is 21.4. The fourth-order valence-corrected chi connectivity index (χ4v) is 3.49. The minimum Gasteiger partial charge on any atom is -0.494 e. The Morgan fingerprint density at radius 3 is 2.17 bits per heavy atom. The topological polar surface area (TPSA) is 75.7 Å². The number of rotatable bonds is 4. The molecule has 1 aliphatic heterocycles. The van der Waals surface area contributed by atoms with E-state index in [1.54, 1.807) is 42.5 Å². The minimum atomic E-state index is -0.429. The Labute approximate surface area is 182 Å². The number of amides is 3. The zero-order valence-electron chi connectivity index (χ0n) is 15.6. The van der Waals surface area contributed by atoms with Crippen molar-refractivity contribution in [2.24, 2.45) is 0 Å². The highest BCUT2D eigenvalue weighted by Crippen LogP contribution is 2.36. The van der Waals surface area contributed by atoms with Crippen molar-refractivity contribution in [3.63, 3.8) is 0 Å². The predicted molar refractivity (Wildman–Crippen MR) is 115 cm³/mol. The minimum absolute atomic E-state index is 0.261. The first-order valence-corrected chi connectivity index (χ1v) is 9.58. The van der Waals surface area contributed by atoms with Crippen LogP contribution in [0.15, 0.2) is 60.7 Å². The van der Waals surface area contributed by atoms with Crippen molar-refractivity contribution in [3.8, 4) is 5.75 Å². The highest BCUT2D eigenvalue weighted by Gasteiger charge is 2.37. The number of anilines is 2. The number of hydrogen-bond acceptors (Lipinski definition) is 4. The number of benzene rings is 3. The summed E-state index contributed by atoms with van der Waals surface area (Å²) in [5.41, 5.74) is 1.70. The van der Waals surface area contributed by atoms with Gasteiger partial charge in [-0.1, -0.05) is 35.3 Å². The standard InChI is InChI=1S/C22H14Cl2N2O4/c1-30-19-11-13(25-20(27)12-6-8-16(23)17(24)10-12)7-9-18(19)26-21(28)14-4-2-3-5-15(14)22(26)29/h2-11H,1H3,(H,25,27). The van der Waals surface area contributed by atoms with Crippen LogP contribution in [0, 0.1) is 0 Å². The fraction of sp³-hybridized carbons (Fsp3) is 0.0455. The van der Waals surface area contributed by atoms with E-state index in [9.17, 15) is 14.4 Å². The third kappa shape index (κ3) is 3.40. The summed E-state index contributed by atoms with van der Waals surface area (Å²) in [7, 11) is 1.42. The molecule has 150 valence electrons. The number of nitrogens with one attached hydrogen (secondary N) is 1. The Morgan fingerprint density at radius 1 is 0.900 bits per heavy atom. The molecule has 4 rings (SSSR count). The SMILES string of the molecule is COc1cc(NC(=O)c2ccc(Cl)c(Cl)c2)ccc1N1C(=O)c2ccccc2C1=O. The van der Waals surface area contributed by atoms with Gasteiger partial charge in [0.25, 0.3) is 17.7 Å². The van der Waals surface area contributed by atoms with Crippen molar-refractivity contribution >= 4 is 52.3 Å². The molecule has 1 heterocycles. The maximum atomic E-state index is 12.7. The Hall–Kier alpha value is -3.35. The number of carbonyl (C=O) groups is 3. The van der Waals surface area contributed by atoms with Crippen molar-refractivity contribution < 1.29 is 19.1 Å². The number of ether oxygens (including phenoxy) is 1. The Balaban J connectivity index is 1.63. The summed E-state index contributed by atoms with van der Waals surface area (Å²) in [6.45, 7) is 0. The quantitative estimate of drug-likeness (QED) is 0.575. The van der Waals surface area contributed by atoms with E-state index in [4.69, 9.17) is 27.9 Å². The number of imide groups is 1. The molecule has 0 saturated heterocycles. The van der Waals surface area contributed by atoms with E-state index in [0.29, 0.717) is 27.4 Å². The number of methoxy groups -OCH3 is 1. The van der Waals surface area contributed by atoms with E-state index in [1.165, 1.54) is 25.3 Å². The lowest BCUT2D eigenvalue weighted by Crippen LogP contribution is -2.29. The maximum absolute atomic E-state index is 12.7. The van der Waals surface area contributed by atoms with E-state index < -0.39 is 17.7 Å². The van der Waals surface area contributed by atoms with Gasteiger partial charge in [0.05, 0.1) is 34.0 Å². The number of halogens is 2. The molecule has 3 amide bonds. The van der Waals surface area contributed by atoms with Crippen LogP contribution in [-0.2, 0) is 0 Å². The second-order valence-corrected chi connectivity index (χ2v) is 7.28. The number of nitrogens with zero attached hydrogens (tertiary/aromatic N) is 1. The molecule has 3 aromatic carbocycles. The van der Waals surface area contributed by atoms with Gasteiger partial charge in [0.15, 0.2) is 0 Å². The van der Waals surface area contributed by atoms with Gasteiger partial charge in [0.2, 0.25) is 0 Å². The smallest absolute Gasteiger partial charge is 0.266 e. The lowest BCUT2D eigenvalue weighted by Gasteiger charge is -2.18. The largest absolute Gasteiger partial charge is 0.494 e. The highest BCUT2D eigenvalue weighted by molar-refractivity contribution is 6.42. The van der Waals surface area contributed by atoms with Gasteiger partial charge in [-0.15, -0.1) is 0 Å². The van der Waals surface area contributed by atoms with E-state index in [2.05, 4.69) is 5.32 Å². The molecule has 3 aromatic rings. The van der Waals surface area contributed by atoms with Crippen LogP contribution in [-0.4, -0.2) is 24.8 Å². The maximum Gasteiger partial charge on any atom is 0.266 e. The molecule has 30 heavy (non-hydrogen) atoms. The van der Waals surface area contributed by atoms with Crippen LogP contribution in [0.1, 0.15) is 31.1 Å². The number of hydrogen-bond donors (Lipinski definition) is 1. The van der Waals surface area contributed by atoms with Crippen molar-refractivity contribution in [2.75, 3.05) is 17.3 Å². The average molecular weight is 441 g/mol. The van der Waals surface area contributed by atoms with Gasteiger partial charge in [-0.3, -0.25) is 14.4 Å².